The van der Waals surface area contributed by atoms with Crippen LogP contribution in [0.5, 0.6) is 0 Å². The van der Waals surface area contributed by atoms with Gasteiger partial charge in [-0.05, 0) is 12.1 Å². The molecule has 0 aromatic carbocycles. The first-order valence-electron chi connectivity index (χ1n) is 5.25. The number of furan rings is 1. The SMILES string of the molecule is O=C(O)C[C@@H](NC(=O)CCc1ccco1)C(=O)O. The largest absolute Gasteiger partial charge is 0.481 e. The molecular weight excluding hydrogens is 242 g/mol. The van der Waals surface area contributed by atoms with Crippen LogP contribution >= 0.6 is 0 Å². The fourth-order valence-electron chi connectivity index (χ4n) is 1.33. The quantitative estimate of drug-likeness (QED) is 0.643. The third-order valence-corrected chi connectivity index (χ3v) is 2.19. The Balaban J connectivity index is 2.41. The van der Waals surface area contributed by atoms with Gasteiger partial charge in [0.25, 0.3) is 0 Å². The predicted octanol–water partition coefficient (Wildman–Crippen LogP) is 0.256. The van der Waals surface area contributed by atoms with Gasteiger partial charge in [-0.25, -0.2) is 4.79 Å². The van der Waals surface area contributed by atoms with Crippen molar-refractivity contribution in [1.82, 2.24) is 5.32 Å². The minimum Gasteiger partial charge on any atom is -0.481 e. The first kappa shape index (κ1) is 13.8. The molecule has 18 heavy (non-hydrogen) atoms. The number of rotatable bonds is 7. The molecule has 0 fully saturated rings. The summed E-state index contributed by atoms with van der Waals surface area (Å²) in [6, 6.07) is 1.96. The van der Waals surface area contributed by atoms with Crippen molar-refractivity contribution in [3.05, 3.63) is 24.2 Å². The van der Waals surface area contributed by atoms with Crippen LogP contribution in [0.1, 0.15) is 18.6 Å². The standard InChI is InChI=1S/C11H13NO6/c13-9(4-3-7-2-1-5-18-7)12-8(11(16)17)6-10(14)15/h1-2,5,8H,3-4,6H2,(H,12,13)(H,14,15)(H,16,17)/t8-/m1/s1. The van der Waals surface area contributed by atoms with E-state index in [0.29, 0.717) is 12.2 Å². The Bertz CT molecular complexity index is 425. The minimum atomic E-state index is -1.41. The smallest absolute Gasteiger partial charge is 0.326 e. The van der Waals surface area contributed by atoms with E-state index in [0.717, 1.165) is 0 Å². The molecule has 1 amide bonds. The summed E-state index contributed by atoms with van der Waals surface area (Å²) in [7, 11) is 0. The maximum absolute atomic E-state index is 11.4. The first-order chi connectivity index (χ1) is 8.49. The monoisotopic (exact) mass is 255 g/mol. The number of carboxylic acids is 2. The number of hydrogen-bond donors (Lipinski definition) is 3. The second-order valence-corrected chi connectivity index (χ2v) is 3.64. The number of amides is 1. The van der Waals surface area contributed by atoms with Gasteiger partial charge in [0, 0.05) is 12.8 Å². The summed E-state index contributed by atoms with van der Waals surface area (Å²) < 4.78 is 5.01. The molecule has 7 nitrogen and oxygen atoms in total. The van der Waals surface area contributed by atoms with Crippen LogP contribution in [0.4, 0.5) is 0 Å². The Labute approximate surface area is 102 Å². The van der Waals surface area contributed by atoms with Crippen LogP contribution in [0.2, 0.25) is 0 Å². The normalized spacial score (nSPS) is 11.8. The molecule has 3 N–H and O–H groups in total. The highest BCUT2D eigenvalue weighted by molar-refractivity contribution is 5.86. The van der Waals surface area contributed by atoms with Gasteiger partial charge in [-0.1, -0.05) is 0 Å². The van der Waals surface area contributed by atoms with Crippen LogP contribution in [-0.4, -0.2) is 34.1 Å². The number of carboxylic acid groups (broad SMARTS) is 2. The van der Waals surface area contributed by atoms with Gasteiger partial charge in [-0.15, -0.1) is 0 Å². The number of hydrogen-bond acceptors (Lipinski definition) is 4. The fraction of sp³-hybridized carbons (Fsp3) is 0.364. The molecule has 0 aliphatic carbocycles. The molecule has 0 aliphatic heterocycles. The topological polar surface area (TPSA) is 117 Å². The van der Waals surface area contributed by atoms with E-state index in [4.69, 9.17) is 14.6 Å². The van der Waals surface area contributed by atoms with Crippen LogP contribution in [0.25, 0.3) is 0 Å². The molecule has 98 valence electrons. The van der Waals surface area contributed by atoms with Gasteiger partial charge in [-0.3, -0.25) is 9.59 Å². The summed E-state index contributed by atoms with van der Waals surface area (Å²) in [6.45, 7) is 0. The van der Waals surface area contributed by atoms with E-state index in [1.165, 1.54) is 6.26 Å². The molecule has 1 aromatic heterocycles. The number of aliphatic carboxylic acids is 2. The molecule has 1 atom stereocenters. The lowest BCUT2D eigenvalue weighted by Crippen LogP contribution is -2.42. The Kier molecular flexibility index (Phi) is 4.91. The van der Waals surface area contributed by atoms with Gasteiger partial charge in [0.1, 0.15) is 11.8 Å². The second kappa shape index (κ2) is 6.43. The number of carbonyl (C=O) groups is 3. The molecular formula is C11H13NO6. The number of carbonyl (C=O) groups excluding carboxylic acids is 1. The van der Waals surface area contributed by atoms with Crippen molar-refractivity contribution in [2.24, 2.45) is 0 Å². The van der Waals surface area contributed by atoms with Crippen LogP contribution in [0, 0.1) is 0 Å². The third kappa shape index (κ3) is 4.69. The summed E-state index contributed by atoms with van der Waals surface area (Å²) in [5.41, 5.74) is 0. The Hall–Kier alpha value is -2.31. The minimum absolute atomic E-state index is 0.0386. The number of nitrogens with one attached hydrogen (secondary N) is 1. The number of aryl methyl sites for hydroxylation is 1. The maximum atomic E-state index is 11.4. The van der Waals surface area contributed by atoms with E-state index in [9.17, 15) is 14.4 Å². The molecule has 0 spiro atoms. The molecule has 0 saturated heterocycles. The van der Waals surface area contributed by atoms with Crippen LogP contribution in [0.15, 0.2) is 22.8 Å². The highest BCUT2D eigenvalue weighted by Crippen LogP contribution is 2.04. The van der Waals surface area contributed by atoms with Crippen molar-refractivity contribution < 1.29 is 29.0 Å². The van der Waals surface area contributed by atoms with E-state index < -0.39 is 30.3 Å². The van der Waals surface area contributed by atoms with E-state index in [2.05, 4.69) is 5.32 Å². The Morgan fingerprint density at radius 1 is 1.33 bits per heavy atom. The fourth-order valence-corrected chi connectivity index (χ4v) is 1.33. The van der Waals surface area contributed by atoms with Gasteiger partial charge in [0.2, 0.25) is 5.91 Å². The summed E-state index contributed by atoms with van der Waals surface area (Å²) in [5, 5.41) is 19.4. The van der Waals surface area contributed by atoms with Gasteiger partial charge in [0.05, 0.1) is 12.7 Å². The molecule has 0 unspecified atom stereocenters. The van der Waals surface area contributed by atoms with E-state index in [1.807, 2.05) is 0 Å². The zero-order chi connectivity index (χ0) is 13.5. The van der Waals surface area contributed by atoms with Gasteiger partial charge >= 0.3 is 11.9 Å². The lowest BCUT2D eigenvalue weighted by atomic mass is 10.2. The van der Waals surface area contributed by atoms with Crippen molar-refractivity contribution in [3.63, 3.8) is 0 Å². The van der Waals surface area contributed by atoms with Gasteiger partial charge < -0.3 is 19.9 Å². The zero-order valence-electron chi connectivity index (χ0n) is 9.46. The van der Waals surface area contributed by atoms with Crippen LogP contribution in [-0.2, 0) is 20.8 Å². The highest BCUT2D eigenvalue weighted by Gasteiger charge is 2.22. The maximum Gasteiger partial charge on any atom is 0.326 e. The van der Waals surface area contributed by atoms with Crippen molar-refractivity contribution in [2.45, 2.75) is 25.3 Å². The second-order valence-electron chi connectivity index (χ2n) is 3.64. The zero-order valence-corrected chi connectivity index (χ0v) is 9.46. The summed E-state index contributed by atoms with van der Waals surface area (Å²) in [6.07, 6.45) is 1.19. The lowest BCUT2D eigenvalue weighted by Gasteiger charge is -2.11. The molecule has 0 saturated carbocycles. The predicted molar refractivity (Wildman–Crippen MR) is 58.8 cm³/mol. The summed E-state index contributed by atoms with van der Waals surface area (Å²) in [4.78, 5) is 32.5. The Morgan fingerprint density at radius 3 is 2.56 bits per heavy atom. The van der Waals surface area contributed by atoms with Crippen LogP contribution in [0.3, 0.4) is 0 Å². The van der Waals surface area contributed by atoms with Crippen LogP contribution < -0.4 is 5.32 Å². The summed E-state index contributed by atoms with van der Waals surface area (Å²) in [5.74, 6) is -2.58. The molecule has 0 bridgehead atoms. The average Bonchev–Trinajstić information content (AvgIpc) is 2.77. The molecule has 7 heteroatoms. The average molecular weight is 255 g/mol. The first-order valence-corrected chi connectivity index (χ1v) is 5.25. The third-order valence-electron chi connectivity index (χ3n) is 2.19. The molecule has 1 rings (SSSR count). The molecule has 1 heterocycles. The van der Waals surface area contributed by atoms with E-state index in [1.54, 1.807) is 12.1 Å². The van der Waals surface area contributed by atoms with E-state index in [-0.39, 0.29) is 6.42 Å². The van der Waals surface area contributed by atoms with E-state index >= 15 is 0 Å². The molecule has 0 aliphatic rings. The van der Waals surface area contributed by atoms with Crippen molar-refractivity contribution in [1.29, 1.82) is 0 Å². The Morgan fingerprint density at radius 2 is 2.06 bits per heavy atom. The molecule has 1 aromatic rings. The van der Waals surface area contributed by atoms with Crippen molar-refractivity contribution >= 4 is 17.8 Å². The summed E-state index contributed by atoms with van der Waals surface area (Å²) >= 11 is 0. The van der Waals surface area contributed by atoms with Crippen molar-refractivity contribution in [2.75, 3.05) is 0 Å². The molecule has 0 radical (unpaired) electrons. The highest BCUT2D eigenvalue weighted by atomic mass is 16.4. The van der Waals surface area contributed by atoms with Gasteiger partial charge in [-0.2, -0.15) is 0 Å². The van der Waals surface area contributed by atoms with Crippen molar-refractivity contribution in [3.8, 4) is 0 Å². The lowest BCUT2D eigenvalue weighted by molar-refractivity contribution is -0.147. The van der Waals surface area contributed by atoms with Gasteiger partial charge in [0.15, 0.2) is 0 Å².